The van der Waals surface area contributed by atoms with Crippen LogP contribution < -0.4 is 10.2 Å². The Kier molecular flexibility index (Phi) is 30.9. The summed E-state index contributed by atoms with van der Waals surface area (Å²) >= 11 is 0. The fourth-order valence-electron chi connectivity index (χ4n) is 0. The van der Waals surface area contributed by atoms with Gasteiger partial charge < -0.3 is 24.6 Å². The molecule has 0 rings (SSSR count). The van der Waals surface area contributed by atoms with Crippen LogP contribution in [0.1, 0.15) is 27.7 Å². The molecule has 0 aromatic rings. The fraction of sp³-hybridized carbons (Fsp3) is 0.571. The first-order valence-electron chi connectivity index (χ1n) is 3.02. The molecule has 0 heterocycles. The number of Topliss-reactive ketones (excluding diaryl/α,β-unsaturated/α-hetero) is 1. The van der Waals surface area contributed by atoms with E-state index in [2.05, 4.69) is 0 Å². The molecule has 13 heavy (non-hydrogen) atoms. The molecular weight excluding hydrogens is 371 g/mol. The van der Waals surface area contributed by atoms with Crippen molar-refractivity contribution in [2.45, 2.75) is 27.7 Å². The van der Waals surface area contributed by atoms with Crippen LogP contribution in [-0.4, -0.2) is 45.0 Å². The molecule has 0 bridgehead atoms. The van der Waals surface area contributed by atoms with Gasteiger partial charge in [0.25, 0.3) is 0 Å². The number of hydrogen-bond acceptors (Lipinski definition) is 5. The van der Waals surface area contributed by atoms with Crippen molar-refractivity contribution in [2.24, 2.45) is 0 Å². The molecule has 0 aromatic heterocycles. The molecule has 0 N–H and O–H groups in total. The summed E-state index contributed by atoms with van der Waals surface area (Å²) in [4.78, 5) is 27.2. The third-order valence-electron chi connectivity index (χ3n) is 0. The number of carboxylic acids is 2. The Labute approximate surface area is 97.3 Å². The van der Waals surface area contributed by atoms with Gasteiger partial charge in [0.15, 0.2) is 0 Å². The molecule has 74 valence electrons. The third kappa shape index (κ3) is 4790. The second kappa shape index (κ2) is 17.6. The zero-order valence-electron chi connectivity index (χ0n) is 8.04. The van der Waals surface area contributed by atoms with E-state index in [0.717, 1.165) is 13.8 Å². The van der Waals surface area contributed by atoms with Gasteiger partial charge in [0.1, 0.15) is 5.78 Å². The monoisotopic (exact) mass is 384 g/mol. The number of aliphatic carboxylic acids is 2. The molecule has 0 atom stereocenters. The zero-order chi connectivity index (χ0) is 10.7. The maximum Gasteiger partial charge on any atom is 2.00 e. The normalized spacial score (nSPS) is 5.85. The first kappa shape index (κ1) is 22.9. The molecule has 0 aliphatic rings. The average Bonchev–Trinajstić information content (AvgIpc) is 1.54. The molecule has 0 fully saturated rings. The van der Waals surface area contributed by atoms with E-state index in [1.165, 1.54) is 13.8 Å². The van der Waals surface area contributed by atoms with Gasteiger partial charge in [0.05, 0.1) is 0 Å². The van der Waals surface area contributed by atoms with E-state index < -0.39 is 11.9 Å². The molecule has 0 unspecified atom stereocenters. The van der Waals surface area contributed by atoms with Gasteiger partial charge in [-0.25, -0.2) is 0 Å². The van der Waals surface area contributed by atoms with E-state index >= 15 is 0 Å². The summed E-state index contributed by atoms with van der Waals surface area (Å²) in [5.74, 6) is -2.00. The Hall–Kier alpha value is -0.468. The third-order valence-corrected chi connectivity index (χ3v) is 0. The summed E-state index contributed by atoms with van der Waals surface area (Å²) in [7, 11) is 0. The van der Waals surface area contributed by atoms with Crippen LogP contribution in [0.5, 0.6) is 0 Å². The molecule has 0 aliphatic carbocycles. The van der Waals surface area contributed by atoms with E-state index in [9.17, 15) is 4.79 Å². The van der Waals surface area contributed by atoms with Crippen LogP contribution in [0.3, 0.4) is 0 Å². The first-order valence-corrected chi connectivity index (χ1v) is 3.02. The molecule has 0 saturated heterocycles. The minimum atomic E-state index is -1.08. The fourth-order valence-corrected chi connectivity index (χ4v) is 0. The van der Waals surface area contributed by atoms with Crippen LogP contribution in [0.4, 0.5) is 0 Å². The maximum absolute atomic E-state index is 9.44. The molecular formula is C7H12O5Pb. The van der Waals surface area contributed by atoms with E-state index in [1.807, 2.05) is 0 Å². The van der Waals surface area contributed by atoms with Crippen molar-refractivity contribution in [2.75, 3.05) is 0 Å². The van der Waals surface area contributed by atoms with E-state index in [-0.39, 0.29) is 33.1 Å². The number of carbonyl (C=O) groups is 3. The second-order valence-corrected chi connectivity index (χ2v) is 1.89. The number of hydrogen-bond donors (Lipinski definition) is 0. The van der Waals surface area contributed by atoms with Gasteiger partial charge in [-0.2, -0.15) is 0 Å². The predicted octanol–water partition coefficient (Wildman–Crippen LogP) is -2.27. The summed E-state index contributed by atoms with van der Waals surface area (Å²) in [6.45, 7) is 5.00. The molecule has 0 aliphatic heterocycles. The Morgan fingerprint density at radius 2 is 0.769 bits per heavy atom. The standard InChI is InChI=1S/C3H6O.2C2H4O2.Pb/c1-3(2)4;2*1-2(3)4;/h1-2H3;2*1H3,(H,3,4);/q;;;+2/p-2. The van der Waals surface area contributed by atoms with Gasteiger partial charge in [-0.15, -0.1) is 0 Å². The SMILES string of the molecule is CC(=O)[O-].CC(=O)[O-].CC(C)=O.[Pb+2]. The van der Waals surface area contributed by atoms with Crippen molar-refractivity contribution in [3.63, 3.8) is 0 Å². The van der Waals surface area contributed by atoms with Crippen molar-refractivity contribution in [3.8, 4) is 0 Å². The van der Waals surface area contributed by atoms with E-state index in [0.29, 0.717) is 0 Å². The summed E-state index contributed by atoms with van der Waals surface area (Å²) in [6, 6.07) is 0. The Bertz CT molecular complexity index is 114. The van der Waals surface area contributed by atoms with Gasteiger partial charge in [-0.3, -0.25) is 0 Å². The number of ketones is 1. The van der Waals surface area contributed by atoms with Crippen LogP contribution in [-0.2, 0) is 14.4 Å². The minimum Gasteiger partial charge on any atom is -0.550 e. The first-order chi connectivity index (χ1) is 5.20. The van der Waals surface area contributed by atoms with E-state index in [4.69, 9.17) is 19.8 Å². The van der Waals surface area contributed by atoms with Gasteiger partial charge in [0.2, 0.25) is 0 Å². The summed E-state index contributed by atoms with van der Waals surface area (Å²) < 4.78 is 0. The molecule has 6 heteroatoms. The smallest absolute Gasteiger partial charge is 0.550 e. The molecule has 0 aromatic carbocycles. The van der Waals surface area contributed by atoms with Crippen LogP contribution in [0, 0.1) is 0 Å². The van der Waals surface area contributed by atoms with Crippen LogP contribution in [0.25, 0.3) is 0 Å². The predicted molar refractivity (Wildman–Crippen MR) is 43.5 cm³/mol. The Morgan fingerprint density at radius 1 is 0.769 bits per heavy atom. The average molecular weight is 383 g/mol. The number of carbonyl (C=O) groups excluding carboxylic acids is 3. The van der Waals surface area contributed by atoms with Gasteiger partial charge in [0, 0.05) is 11.9 Å². The van der Waals surface area contributed by atoms with Gasteiger partial charge in [-0.05, 0) is 27.7 Å². The Morgan fingerprint density at radius 3 is 0.769 bits per heavy atom. The largest absolute Gasteiger partial charge is 2.00 e. The van der Waals surface area contributed by atoms with Crippen LogP contribution >= 0.6 is 0 Å². The zero-order valence-corrected chi connectivity index (χ0v) is 11.9. The molecule has 0 saturated carbocycles. The summed E-state index contributed by atoms with van der Waals surface area (Å²) in [5.41, 5.74) is 0. The molecule has 0 amide bonds. The van der Waals surface area contributed by atoms with Crippen molar-refractivity contribution in [1.82, 2.24) is 0 Å². The van der Waals surface area contributed by atoms with E-state index in [1.54, 1.807) is 0 Å². The topological polar surface area (TPSA) is 97.3 Å². The van der Waals surface area contributed by atoms with Crippen molar-refractivity contribution >= 4 is 45.0 Å². The Balaban J connectivity index is -0.0000000450. The maximum atomic E-state index is 9.44. The van der Waals surface area contributed by atoms with Crippen LogP contribution in [0.2, 0.25) is 0 Å². The van der Waals surface area contributed by atoms with Crippen molar-refractivity contribution in [1.29, 1.82) is 0 Å². The molecule has 5 nitrogen and oxygen atoms in total. The van der Waals surface area contributed by atoms with Crippen molar-refractivity contribution in [3.05, 3.63) is 0 Å². The quantitative estimate of drug-likeness (QED) is 0.440. The summed E-state index contributed by atoms with van der Waals surface area (Å²) in [5, 5.41) is 17.8. The number of rotatable bonds is 0. The van der Waals surface area contributed by atoms with Crippen LogP contribution in [0.15, 0.2) is 0 Å². The molecule has 0 spiro atoms. The minimum absolute atomic E-state index is 0. The summed E-state index contributed by atoms with van der Waals surface area (Å²) in [6.07, 6.45) is 0. The van der Waals surface area contributed by atoms with Gasteiger partial charge >= 0.3 is 27.3 Å². The second-order valence-electron chi connectivity index (χ2n) is 1.89. The van der Waals surface area contributed by atoms with Crippen molar-refractivity contribution < 1.29 is 24.6 Å². The molecule has 2 radical (unpaired) electrons. The number of carboxylic acid groups (broad SMARTS) is 2. The van der Waals surface area contributed by atoms with Gasteiger partial charge in [-0.1, -0.05) is 0 Å².